The largest absolute Gasteiger partial charge is 0.393 e. The summed E-state index contributed by atoms with van der Waals surface area (Å²) in [6.45, 7) is 3.30. The van der Waals surface area contributed by atoms with Gasteiger partial charge in [-0.25, -0.2) is 0 Å². The normalized spacial score (nSPS) is 35.5. The second kappa shape index (κ2) is 7.46. The van der Waals surface area contributed by atoms with Crippen molar-refractivity contribution in [3.8, 4) is 0 Å². The van der Waals surface area contributed by atoms with Crippen LogP contribution in [0.5, 0.6) is 0 Å². The van der Waals surface area contributed by atoms with Gasteiger partial charge in [-0.3, -0.25) is 9.69 Å². The first-order valence-corrected chi connectivity index (χ1v) is 9.94. The number of carbonyl (C=O) groups is 1. The van der Waals surface area contributed by atoms with Gasteiger partial charge in [-0.2, -0.15) is 0 Å². The third kappa shape index (κ3) is 3.90. The van der Waals surface area contributed by atoms with Crippen LogP contribution in [0.2, 0.25) is 0 Å². The van der Waals surface area contributed by atoms with Crippen LogP contribution in [0.4, 0.5) is 0 Å². The molecule has 0 unspecified atom stereocenters. The van der Waals surface area contributed by atoms with Crippen molar-refractivity contribution < 1.29 is 9.90 Å². The fourth-order valence-corrected chi connectivity index (χ4v) is 5.15. The number of benzene rings is 1. The van der Waals surface area contributed by atoms with E-state index >= 15 is 0 Å². The van der Waals surface area contributed by atoms with Crippen LogP contribution in [-0.4, -0.2) is 41.1 Å². The zero-order valence-electron chi connectivity index (χ0n) is 14.9. The molecule has 1 aromatic rings. The van der Waals surface area contributed by atoms with Crippen molar-refractivity contribution in [2.24, 2.45) is 17.8 Å². The number of aliphatic hydroxyl groups is 1. The number of rotatable bonds is 4. The number of fused-ring (bicyclic) bond motifs is 1. The predicted octanol–water partition coefficient (Wildman–Crippen LogP) is 2.56. The molecule has 0 aromatic heterocycles. The first-order valence-electron chi connectivity index (χ1n) is 9.94. The number of carbonyl (C=O) groups excluding carboxylic acids is 1. The summed E-state index contributed by atoms with van der Waals surface area (Å²) in [5, 5.41) is 13.0. The highest BCUT2D eigenvalue weighted by Gasteiger charge is 2.43. The van der Waals surface area contributed by atoms with E-state index in [4.69, 9.17) is 0 Å². The van der Waals surface area contributed by atoms with Crippen LogP contribution in [0.1, 0.15) is 44.1 Å². The second-order valence-electron chi connectivity index (χ2n) is 8.30. The molecule has 1 aromatic carbocycles. The van der Waals surface area contributed by atoms with Crippen molar-refractivity contribution in [2.45, 2.75) is 57.2 Å². The van der Waals surface area contributed by atoms with Gasteiger partial charge in [-0.15, -0.1) is 0 Å². The number of nitrogens with zero attached hydrogens (tertiary/aromatic N) is 1. The second-order valence-corrected chi connectivity index (χ2v) is 8.30. The standard InChI is InChI=1S/C21H30N2O2/c24-18-9-6-16(7-10-18)21(25)22-20-11-8-17-13-23(14-19(17)20)12-15-4-2-1-3-5-15/h1-5,16-20,24H,6-14H2,(H,22,25)/t16?,17-,18?,19-,20+/m0/s1. The Hall–Kier alpha value is -1.39. The van der Waals surface area contributed by atoms with Gasteiger partial charge < -0.3 is 10.4 Å². The average molecular weight is 342 g/mol. The van der Waals surface area contributed by atoms with Crippen LogP contribution in [0.25, 0.3) is 0 Å². The Morgan fingerprint density at radius 3 is 2.56 bits per heavy atom. The summed E-state index contributed by atoms with van der Waals surface area (Å²) >= 11 is 0. The van der Waals surface area contributed by atoms with Gasteiger partial charge in [0.05, 0.1) is 6.10 Å². The van der Waals surface area contributed by atoms with Crippen molar-refractivity contribution in [1.82, 2.24) is 10.2 Å². The summed E-state index contributed by atoms with van der Waals surface area (Å²) in [7, 11) is 0. The van der Waals surface area contributed by atoms with Gasteiger partial charge in [0, 0.05) is 31.6 Å². The van der Waals surface area contributed by atoms with E-state index in [0.717, 1.165) is 51.1 Å². The van der Waals surface area contributed by atoms with Crippen LogP contribution >= 0.6 is 0 Å². The Labute approximate surface area is 150 Å². The molecule has 4 rings (SSSR count). The third-order valence-corrected chi connectivity index (χ3v) is 6.58. The average Bonchev–Trinajstić information content (AvgIpc) is 3.18. The molecule has 1 amide bonds. The smallest absolute Gasteiger partial charge is 0.223 e. The number of nitrogens with one attached hydrogen (secondary N) is 1. The molecular weight excluding hydrogens is 312 g/mol. The highest BCUT2D eigenvalue weighted by atomic mass is 16.3. The molecular formula is C21H30N2O2. The van der Waals surface area contributed by atoms with E-state index in [2.05, 4.69) is 40.5 Å². The highest BCUT2D eigenvalue weighted by Crippen LogP contribution is 2.39. The molecule has 1 aliphatic heterocycles. The minimum Gasteiger partial charge on any atom is -0.393 e. The van der Waals surface area contributed by atoms with Crippen molar-refractivity contribution >= 4 is 5.91 Å². The lowest BCUT2D eigenvalue weighted by Crippen LogP contribution is -2.43. The lowest BCUT2D eigenvalue weighted by Gasteiger charge is -2.28. The minimum absolute atomic E-state index is 0.115. The molecule has 4 heteroatoms. The number of hydrogen-bond donors (Lipinski definition) is 2. The van der Waals surface area contributed by atoms with Crippen molar-refractivity contribution in [3.63, 3.8) is 0 Å². The Kier molecular flexibility index (Phi) is 5.09. The van der Waals surface area contributed by atoms with Crippen molar-refractivity contribution in [2.75, 3.05) is 13.1 Å². The maximum absolute atomic E-state index is 12.6. The predicted molar refractivity (Wildman–Crippen MR) is 97.8 cm³/mol. The summed E-state index contributed by atoms with van der Waals surface area (Å²) in [5.74, 6) is 1.70. The molecule has 1 heterocycles. The number of aliphatic hydroxyl groups excluding tert-OH is 1. The fraction of sp³-hybridized carbons (Fsp3) is 0.667. The third-order valence-electron chi connectivity index (χ3n) is 6.58. The quantitative estimate of drug-likeness (QED) is 0.884. The zero-order valence-corrected chi connectivity index (χ0v) is 14.9. The summed E-state index contributed by atoms with van der Waals surface area (Å²) in [6.07, 6.45) is 5.42. The van der Waals surface area contributed by atoms with E-state index in [1.54, 1.807) is 0 Å². The van der Waals surface area contributed by atoms with E-state index in [1.165, 1.54) is 18.5 Å². The van der Waals surface area contributed by atoms with E-state index in [-0.39, 0.29) is 17.9 Å². The molecule has 25 heavy (non-hydrogen) atoms. The first kappa shape index (κ1) is 17.0. The minimum atomic E-state index is -0.193. The van der Waals surface area contributed by atoms with Gasteiger partial charge in [0.2, 0.25) is 5.91 Å². The summed E-state index contributed by atoms with van der Waals surface area (Å²) in [4.78, 5) is 15.2. The summed E-state index contributed by atoms with van der Waals surface area (Å²) in [6, 6.07) is 11.0. The maximum Gasteiger partial charge on any atom is 0.223 e. The van der Waals surface area contributed by atoms with Crippen LogP contribution in [0, 0.1) is 17.8 Å². The van der Waals surface area contributed by atoms with Crippen LogP contribution < -0.4 is 5.32 Å². The Morgan fingerprint density at radius 2 is 1.80 bits per heavy atom. The molecule has 4 nitrogen and oxygen atoms in total. The van der Waals surface area contributed by atoms with Gasteiger partial charge in [-0.05, 0) is 55.9 Å². The molecule has 2 N–H and O–H groups in total. The van der Waals surface area contributed by atoms with E-state index in [1.807, 2.05) is 0 Å². The van der Waals surface area contributed by atoms with Gasteiger partial charge in [0.1, 0.15) is 0 Å². The van der Waals surface area contributed by atoms with Crippen molar-refractivity contribution in [1.29, 1.82) is 0 Å². The van der Waals surface area contributed by atoms with Crippen LogP contribution in [-0.2, 0) is 11.3 Å². The first-order chi connectivity index (χ1) is 12.2. The molecule has 3 aliphatic rings. The molecule has 0 spiro atoms. The molecule has 2 saturated carbocycles. The van der Waals surface area contributed by atoms with Crippen LogP contribution in [0.3, 0.4) is 0 Å². The van der Waals surface area contributed by atoms with Gasteiger partial charge in [0.15, 0.2) is 0 Å². The fourth-order valence-electron chi connectivity index (χ4n) is 5.15. The van der Waals surface area contributed by atoms with Gasteiger partial charge in [0.25, 0.3) is 0 Å². The molecule has 0 bridgehead atoms. The highest BCUT2D eigenvalue weighted by molar-refractivity contribution is 5.79. The topological polar surface area (TPSA) is 52.6 Å². The van der Waals surface area contributed by atoms with E-state index in [9.17, 15) is 9.90 Å². The zero-order chi connectivity index (χ0) is 17.2. The Morgan fingerprint density at radius 1 is 1.04 bits per heavy atom. The van der Waals surface area contributed by atoms with Gasteiger partial charge >= 0.3 is 0 Å². The summed E-state index contributed by atoms with van der Waals surface area (Å²) < 4.78 is 0. The number of hydrogen-bond acceptors (Lipinski definition) is 3. The lowest BCUT2D eigenvalue weighted by atomic mass is 9.86. The number of likely N-dealkylation sites (tertiary alicyclic amines) is 1. The molecule has 0 radical (unpaired) electrons. The SMILES string of the molecule is O=C(N[C@@H]1CC[C@H]2CN(Cc3ccccc3)C[C@@H]21)C1CCC(O)CC1. The van der Waals surface area contributed by atoms with Crippen molar-refractivity contribution in [3.05, 3.63) is 35.9 Å². The molecule has 3 fully saturated rings. The number of amides is 1. The molecule has 1 saturated heterocycles. The lowest BCUT2D eigenvalue weighted by molar-refractivity contribution is -0.127. The van der Waals surface area contributed by atoms with E-state index in [0.29, 0.717) is 12.0 Å². The van der Waals surface area contributed by atoms with Crippen LogP contribution in [0.15, 0.2) is 30.3 Å². The molecule has 2 aliphatic carbocycles. The Bertz CT molecular complexity index is 583. The molecule has 136 valence electrons. The molecule has 3 atom stereocenters. The maximum atomic E-state index is 12.6. The van der Waals surface area contributed by atoms with Gasteiger partial charge in [-0.1, -0.05) is 30.3 Å². The monoisotopic (exact) mass is 342 g/mol. The summed E-state index contributed by atoms with van der Waals surface area (Å²) in [5.41, 5.74) is 1.38. The van der Waals surface area contributed by atoms with E-state index < -0.39 is 0 Å². The Balaban J connectivity index is 1.30.